The maximum atomic E-state index is 5.72. The number of ether oxygens (including phenoxy) is 2. The van der Waals surface area contributed by atoms with Gasteiger partial charge in [-0.15, -0.1) is 0 Å². The van der Waals surface area contributed by atoms with Gasteiger partial charge in [-0.3, -0.25) is 4.90 Å². The van der Waals surface area contributed by atoms with Crippen LogP contribution in [0.4, 0.5) is 0 Å². The number of benzene rings is 1. The van der Waals surface area contributed by atoms with E-state index in [-0.39, 0.29) is 6.10 Å². The van der Waals surface area contributed by atoms with Crippen LogP contribution in [-0.2, 0) is 4.74 Å². The summed E-state index contributed by atoms with van der Waals surface area (Å²) in [6.45, 7) is 8.09. The molecule has 0 radical (unpaired) electrons. The Hall–Kier alpha value is -1.10. The SMILES string of the molecule is CCOc1ccccc1C(C)N1CCOC(CN)C1. The van der Waals surface area contributed by atoms with Crippen LogP contribution in [0, 0.1) is 0 Å². The molecule has 0 bridgehead atoms. The molecule has 2 rings (SSSR count). The fraction of sp³-hybridized carbons (Fsp3) is 0.600. The summed E-state index contributed by atoms with van der Waals surface area (Å²) in [7, 11) is 0. The van der Waals surface area contributed by atoms with Crippen LogP contribution in [0.2, 0.25) is 0 Å². The van der Waals surface area contributed by atoms with Crippen LogP contribution in [0.1, 0.15) is 25.5 Å². The molecule has 0 aliphatic carbocycles. The molecule has 2 atom stereocenters. The number of morpholine rings is 1. The van der Waals surface area contributed by atoms with Gasteiger partial charge in [0, 0.05) is 31.2 Å². The molecule has 1 saturated heterocycles. The first-order chi connectivity index (χ1) is 9.26. The number of hydrogen-bond acceptors (Lipinski definition) is 4. The highest BCUT2D eigenvalue weighted by atomic mass is 16.5. The van der Waals surface area contributed by atoms with E-state index in [0.29, 0.717) is 19.2 Å². The third-order valence-corrected chi connectivity index (χ3v) is 3.65. The second-order valence-electron chi connectivity index (χ2n) is 4.87. The van der Waals surface area contributed by atoms with Crippen LogP contribution in [-0.4, -0.2) is 43.9 Å². The van der Waals surface area contributed by atoms with Gasteiger partial charge in [-0.05, 0) is 19.9 Å². The van der Waals surface area contributed by atoms with Crippen LogP contribution < -0.4 is 10.5 Å². The maximum absolute atomic E-state index is 5.72. The van der Waals surface area contributed by atoms with E-state index >= 15 is 0 Å². The number of nitrogens with two attached hydrogens (primary N) is 1. The van der Waals surface area contributed by atoms with E-state index in [0.717, 1.165) is 25.4 Å². The topological polar surface area (TPSA) is 47.7 Å². The van der Waals surface area contributed by atoms with Crippen molar-refractivity contribution in [3.05, 3.63) is 29.8 Å². The Morgan fingerprint density at radius 2 is 2.26 bits per heavy atom. The molecule has 2 unspecified atom stereocenters. The van der Waals surface area contributed by atoms with Gasteiger partial charge in [0.05, 0.1) is 19.3 Å². The molecular weight excluding hydrogens is 240 g/mol. The van der Waals surface area contributed by atoms with Gasteiger partial charge in [-0.2, -0.15) is 0 Å². The van der Waals surface area contributed by atoms with E-state index in [1.807, 2.05) is 19.1 Å². The molecular formula is C15H24N2O2. The summed E-state index contributed by atoms with van der Waals surface area (Å²) in [5, 5.41) is 0. The molecule has 106 valence electrons. The largest absolute Gasteiger partial charge is 0.494 e. The molecule has 4 heteroatoms. The Labute approximate surface area is 115 Å². The fourth-order valence-corrected chi connectivity index (χ4v) is 2.55. The van der Waals surface area contributed by atoms with Crippen molar-refractivity contribution >= 4 is 0 Å². The highest BCUT2D eigenvalue weighted by Gasteiger charge is 2.25. The van der Waals surface area contributed by atoms with Gasteiger partial charge in [-0.1, -0.05) is 18.2 Å². The Bertz CT molecular complexity index is 397. The van der Waals surface area contributed by atoms with Crippen LogP contribution in [0.15, 0.2) is 24.3 Å². The summed E-state index contributed by atoms with van der Waals surface area (Å²) in [6.07, 6.45) is 0.149. The Morgan fingerprint density at radius 3 is 3.00 bits per heavy atom. The van der Waals surface area contributed by atoms with Gasteiger partial charge in [0.15, 0.2) is 0 Å². The van der Waals surface area contributed by atoms with E-state index < -0.39 is 0 Å². The van der Waals surface area contributed by atoms with E-state index in [1.165, 1.54) is 5.56 Å². The minimum Gasteiger partial charge on any atom is -0.494 e. The van der Waals surface area contributed by atoms with Crippen molar-refractivity contribution in [3.63, 3.8) is 0 Å². The average Bonchev–Trinajstić information content (AvgIpc) is 2.47. The Kier molecular flexibility index (Phi) is 5.19. The van der Waals surface area contributed by atoms with Crippen molar-refractivity contribution in [2.24, 2.45) is 5.73 Å². The van der Waals surface area contributed by atoms with Crippen molar-refractivity contribution in [1.29, 1.82) is 0 Å². The summed E-state index contributed by atoms with van der Waals surface area (Å²) in [5.41, 5.74) is 6.94. The third kappa shape index (κ3) is 3.47. The quantitative estimate of drug-likeness (QED) is 0.881. The highest BCUT2D eigenvalue weighted by molar-refractivity contribution is 5.35. The smallest absolute Gasteiger partial charge is 0.124 e. The first-order valence-electron chi connectivity index (χ1n) is 7.03. The van der Waals surface area contributed by atoms with Gasteiger partial charge in [0.2, 0.25) is 0 Å². The van der Waals surface area contributed by atoms with Gasteiger partial charge in [-0.25, -0.2) is 0 Å². The zero-order chi connectivity index (χ0) is 13.7. The standard InChI is InChI=1S/C15H24N2O2/c1-3-18-15-7-5-4-6-14(15)12(2)17-8-9-19-13(10-16)11-17/h4-7,12-13H,3,8-11,16H2,1-2H3. The van der Waals surface area contributed by atoms with E-state index in [4.69, 9.17) is 15.2 Å². The lowest BCUT2D eigenvalue weighted by molar-refractivity contribution is -0.0367. The number of hydrogen-bond donors (Lipinski definition) is 1. The summed E-state index contributed by atoms with van der Waals surface area (Å²) >= 11 is 0. The van der Waals surface area contributed by atoms with Gasteiger partial charge >= 0.3 is 0 Å². The van der Waals surface area contributed by atoms with Crippen LogP contribution in [0.5, 0.6) is 5.75 Å². The molecule has 0 spiro atoms. The molecule has 1 aromatic rings. The zero-order valence-electron chi connectivity index (χ0n) is 11.8. The highest BCUT2D eigenvalue weighted by Crippen LogP contribution is 2.30. The Balaban J connectivity index is 2.12. The first-order valence-corrected chi connectivity index (χ1v) is 7.03. The van der Waals surface area contributed by atoms with Crippen molar-refractivity contribution in [2.45, 2.75) is 26.0 Å². The van der Waals surface area contributed by atoms with E-state index in [9.17, 15) is 0 Å². The van der Waals surface area contributed by atoms with Gasteiger partial charge < -0.3 is 15.2 Å². The van der Waals surface area contributed by atoms with Crippen molar-refractivity contribution in [3.8, 4) is 5.75 Å². The molecule has 1 heterocycles. The number of nitrogens with zero attached hydrogens (tertiary/aromatic N) is 1. The molecule has 4 nitrogen and oxygen atoms in total. The molecule has 1 aromatic carbocycles. The molecule has 19 heavy (non-hydrogen) atoms. The lowest BCUT2D eigenvalue weighted by Gasteiger charge is -2.37. The van der Waals surface area contributed by atoms with Gasteiger partial charge in [0.25, 0.3) is 0 Å². The van der Waals surface area contributed by atoms with Crippen molar-refractivity contribution in [2.75, 3.05) is 32.8 Å². The minimum absolute atomic E-state index is 0.149. The third-order valence-electron chi connectivity index (χ3n) is 3.65. The molecule has 1 fully saturated rings. The average molecular weight is 264 g/mol. The fourth-order valence-electron chi connectivity index (χ4n) is 2.55. The Morgan fingerprint density at radius 1 is 1.47 bits per heavy atom. The molecule has 0 aromatic heterocycles. The molecule has 2 N–H and O–H groups in total. The molecule has 1 aliphatic rings. The molecule has 0 saturated carbocycles. The lowest BCUT2D eigenvalue weighted by Crippen LogP contribution is -2.46. The van der Waals surface area contributed by atoms with Crippen LogP contribution >= 0.6 is 0 Å². The molecule has 1 aliphatic heterocycles. The van der Waals surface area contributed by atoms with Gasteiger partial charge in [0.1, 0.15) is 5.75 Å². The number of para-hydroxylation sites is 1. The van der Waals surface area contributed by atoms with E-state index in [2.05, 4.69) is 24.0 Å². The minimum atomic E-state index is 0.149. The van der Waals surface area contributed by atoms with Crippen LogP contribution in [0.3, 0.4) is 0 Å². The predicted molar refractivity (Wildman–Crippen MR) is 76.4 cm³/mol. The van der Waals surface area contributed by atoms with E-state index in [1.54, 1.807) is 0 Å². The summed E-state index contributed by atoms with van der Waals surface area (Å²) in [6, 6.07) is 8.58. The normalized spacial score (nSPS) is 22.2. The first kappa shape index (κ1) is 14.3. The lowest BCUT2D eigenvalue weighted by atomic mass is 10.0. The second kappa shape index (κ2) is 6.89. The van der Waals surface area contributed by atoms with Crippen molar-refractivity contribution < 1.29 is 9.47 Å². The second-order valence-corrected chi connectivity index (χ2v) is 4.87. The molecule has 0 amide bonds. The predicted octanol–water partition coefficient (Wildman–Crippen LogP) is 1.81. The summed E-state index contributed by atoms with van der Waals surface area (Å²) < 4.78 is 11.3. The van der Waals surface area contributed by atoms with Crippen molar-refractivity contribution in [1.82, 2.24) is 4.90 Å². The monoisotopic (exact) mass is 264 g/mol. The summed E-state index contributed by atoms with van der Waals surface area (Å²) in [4.78, 5) is 2.42. The maximum Gasteiger partial charge on any atom is 0.124 e. The van der Waals surface area contributed by atoms with Crippen LogP contribution in [0.25, 0.3) is 0 Å². The summed E-state index contributed by atoms with van der Waals surface area (Å²) in [5.74, 6) is 0.980. The zero-order valence-corrected chi connectivity index (χ0v) is 11.8. The number of rotatable bonds is 5.